The molecule has 0 spiro atoms. The second kappa shape index (κ2) is 5.68. The van der Waals surface area contributed by atoms with E-state index in [1.165, 1.54) is 12.1 Å². The first kappa shape index (κ1) is 14.0. The first-order valence-electron chi connectivity index (χ1n) is 6.01. The molecule has 0 unspecified atom stereocenters. The van der Waals surface area contributed by atoms with Crippen LogP contribution in [-0.2, 0) is 14.9 Å². The molecular formula is C12H15NO5S. The monoisotopic (exact) mass is 285 g/mol. The maximum Gasteiger partial charge on any atom is 0.293 e. The molecule has 1 aliphatic rings. The molecule has 1 heterocycles. The van der Waals surface area contributed by atoms with Crippen LogP contribution in [0.1, 0.15) is 29.6 Å². The molecule has 1 aromatic carbocycles. The first-order valence-corrected chi connectivity index (χ1v) is 7.45. The molecule has 1 amide bonds. The molecule has 104 valence electrons. The molecule has 0 atom stereocenters. The fourth-order valence-corrected chi connectivity index (χ4v) is 3.22. The number of unbranched alkanes of at least 4 members (excludes halogenated alkanes) is 2. The summed E-state index contributed by atoms with van der Waals surface area (Å²) in [6.45, 7) is 0.214. The molecule has 2 rings (SSSR count). The number of amides is 1. The summed E-state index contributed by atoms with van der Waals surface area (Å²) >= 11 is 0. The number of hydrogen-bond acceptors (Lipinski definition) is 5. The molecule has 7 heteroatoms. The summed E-state index contributed by atoms with van der Waals surface area (Å²) in [5, 5.41) is 8.62. The minimum absolute atomic E-state index is 0.0182. The van der Waals surface area contributed by atoms with E-state index in [4.69, 9.17) is 9.94 Å². The van der Waals surface area contributed by atoms with Gasteiger partial charge in [-0.15, -0.1) is 4.47 Å². The van der Waals surface area contributed by atoms with Gasteiger partial charge in [0, 0.05) is 6.61 Å². The summed E-state index contributed by atoms with van der Waals surface area (Å²) in [4.78, 5) is 17.0. The molecule has 0 bridgehead atoms. The molecule has 1 N–H and O–H groups in total. The van der Waals surface area contributed by atoms with E-state index >= 15 is 0 Å². The summed E-state index contributed by atoms with van der Waals surface area (Å²) in [6.07, 6.45) is 1.92. The topological polar surface area (TPSA) is 83.9 Å². The Morgan fingerprint density at radius 3 is 2.58 bits per heavy atom. The predicted octanol–water partition coefficient (Wildman–Crippen LogP) is 0.925. The minimum Gasteiger partial charge on any atom is -0.396 e. The molecule has 0 aliphatic carbocycles. The zero-order chi connectivity index (χ0) is 13.9. The molecule has 0 fully saturated rings. The summed E-state index contributed by atoms with van der Waals surface area (Å²) in [5.74, 6) is -0.655. The molecule has 0 saturated carbocycles. The van der Waals surface area contributed by atoms with Gasteiger partial charge in [0.2, 0.25) is 0 Å². The molecule has 0 aromatic heterocycles. The van der Waals surface area contributed by atoms with Crippen molar-refractivity contribution >= 4 is 15.9 Å². The number of aliphatic hydroxyl groups excluding tert-OH is 1. The number of rotatable bonds is 6. The lowest BCUT2D eigenvalue weighted by atomic mass is 10.2. The molecule has 0 saturated heterocycles. The average molecular weight is 285 g/mol. The van der Waals surface area contributed by atoms with E-state index in [0.29, 0.717) is 23.7 Å². The Hall–Kier alpha value is -1.44. The Morgan fingerprint density at radius 2 is 1.89 bits per heavy atom. The van der Waals surface area contributed by atoms with Gasteiger partial charge in [0.1, 0.15) is 4.90 Å². The van der Waals surface area contributed by atoms with E-state index in [1.54, 1.807) is 12.1 Å². The number of carbonyl (C=O) groups excluding carboxylic acids is 1. The van der Waals surface area contributed by atoms with Crippen molar-refractivity contribution in [2.45, 2.75) is 24.2 Å². The van der Waals surface area contributed by atoms with E-state index in [1.807, 2.05) is 0 Å². The number of hydrogen-bond donors (Lipinski definition) is 1. The third kappa shape index (κ3) is 2.63. The SMILES string of the molecule is O=C1c2ccccc2S(=O)(=O)N1OCCCCCO. The molecule has 0 radical (unpaired) electrons. The highest BCUT2D eigenvalue weighted by Crippen LogP contribution is 2.30. The van der Waals surface area contributed by atoms with Crippen molar-refractivity contribution in [3.8, 4) is 0 Å². The Morgan fingerprint density at radius 1 is 1.16 bits per heavy atom. The number of sulfonamides is 1. The number of benzene rings is 1. The summed E-state index contributed by atoms with van der Waals surface area (Å²) in [6, 6.07) is 6.02. The zero-order valence-corrected chi connectivity index (χ0v) is 11.1. The summed E-state index contributed by atoms with van der Waals surface area (Å²) in [7, 11) is -3.88. The minimum atomic E-state index is -3.88. The third-order valence-corrected chi connectivity index (χ3v) is 4.41. The van der Waals surface area contributed by atoms with Crippen LogP contribution in [0.5, 0.6) is 0 Å². The highest BCUT2D eigenvalue weighted by atomic mass is 32.2. The van der Waals surface area contributed by atoms with E-state index in [0.717, 1.165) is 0 Å². The van der Waals surface area contributed by atoms with Gasteiger partial charge in [-0.25, -0.2) is 0 Å². The first-order chi connectivity index (χ1) is 9.09. The van der Waals surface area contributed by atoms with Gasteiger partial charge in [-0.3, -0.25) is 9.63 Å². The van der Waals surface area contributed by atoms with Crippen LogP contribution in [0.3, 0.4) is 0 Å². The van der Waals surface area contributed by atoms with Gasteiger partial charge in [0.15, 0.2) is 0 Å². The highest BCUT2D eigenvalue weighted by molar-refractivity contribution is 7.90. The fourth-order valence-electron chi connectivity index (χ4n) is 1.83. The lowest BCUT2D eigenvalue weighted by molar-refractivity contribution is -0.0582. The summed E-state index contributed by atoms with van der Waals surface area (Å²) in [5.41, 5.74) is 0.137. The molecule has 1 aliphatic heterocycles. The van der Waals surface area contributed by atoms with Crippen molar-refractivity contribution in [3.05, 3.63) is 29.8 Å². The third-order valence-electron chi connectivity index (χ3n) is 2.79. The van der Waals surface area contributed by atoms with Crippen LogP contribution in [0.25, 0.3) is 0 Å². The van der Waals surface area contributed by atoms with E-state index in [2.05, 4.69) is 0 Å². The van der Waals surface area contributed by atoms with Gasteiger partial charge in [-0.05, 0) is 31.4 Å². The van der Waals surface area contributed by atoms with Gasteiger partial charge in [0.05, 0.1) is 12.2 Å². The Bertz CT molecular complexity index is 569. The quantitative estimate of drug-likeness (QED) is 0.786. The Balaban J connectivity index is 2.06. The van der Waals surface area contributed by atoms with E-state index < -0.39 is 15.9 Å². The van der Waals surface area contributed by atoms with Crippen LogP contribution in [0, 0.1) is 0 Å². The van der Waals surface area contributed by atoms with Crippen molar-refractivity contribution in [2.24, 2.45) is 0 Å². The van der Waals surface area contributed by atoms with Gasteiger partial charge in [-0.1, -0.05) is 12.1 Å². The molecule has 1 aromatic rings. The lowest BCUT2D eigenvalue weighted by Gasteiger charge is -2.14. The highest BCUT2D eigenvalue weighted by Gasteiger charge is 2.42. The van der Waals surface area contributed by atoms with Gasteiger partial charge in [0.25, 0.3) is 15.9 Å². The summed E-state index contributed by atoms with van der Waals surface area (Å²) < 4.78 is 24.6. The second-order valence-electron chi connectivity index (χ2n) is 4.15. The maximum absolute atomic E-state index is 12.1. The largest absolute Gasteiger partial charge is 0.396 e. The van der Waals surface area contributed by atoms with Crippen molar-refractivity contribution in [2.75, 3.05) is 13.2 Å². The van der Waals surface area contributed by atoms with E-state index in [9.17, 15) is 13.2 Å². The van der Waals surface area contributed by atoms with Gasteiger partial charge < -0.3 is 5.11 Å². The zero-order valence-electron chi connectivity index (χ0n) is 10.3. The van der Waals surface area contributed by atoms with Crippen LogP contribution >= 0.6 is 0 Å². The number of aliphatic hydroxyl groups is 1. The molecule has 19 heavy (non-hydrogen) atoms. The number of hydroxylamine groups is 1. The van der Waals surface area contributed by atoms with Crippen molar-refractivity contribution in [1.29, 1.82) is 0 Å². The Labute approximate surface area is 111 Å². The number of fused-ring (bicyclic) bond motifs is 1. The second-order valence-corrected chi connectivity index (χ2v) is 5.87. The van der Waals surface area contributed by atoms with Crippen LogP contribution < -0.4 is 0 Å². The van der Waals surface area contributed by atoms with Crippen molar-refractivity contribution < 1.29 is 23.2 Å². The van der Waals surface area contributed by atoms with Crippen LogP contribution in [0.4, 0.5) is 0 Å². The standard InChI is InChI=1S/C12H15NO5S/c14-8-4-1-5-9-18-13-12(15)10-6-2-3-7-11(10)19(13,16)17/h2-3,6-7,14H,1,4-5,8-9H2. The van der Waals surface area contributed by atoms with E-state index in [-0.39, 0.29) is 23.7 Å². The normalized spacial score (nSPS) is 16.7. The fraction of sp³-hybridized carbons (Fsp3) is 0.417. The van der Waals surface area contributed by atoms with Crippen molar-refractivity contribution in [3.63, 3.8) is 0 Å². The van der Waals surface area contributed by atoms with Gasteiger partial charge in [-0.2, -0.15) is 8.42 Å². The number of nitrogens with zero attached hydrogens (tertiary/aromatic N) is 1. The smallest absolute Gasteiger partial charge is 0.293 e. The molecular weight excluding hydrogens is 270 g/mol. The van der Waals surface area contributed by atoms with Crippen LogP contribution in [0.2, 0.25) is 0 Å². The van der Waals surface area contributed by atoms with Crippen LogP contribution in [0.15, 0.2) is 29.2 Å². The Kier molecular flexibility index (Phi) is 4.18. The van der Waals surface area contributed by atoms with Gasteiger partial charge >= 0.3 is 0 Å². The van der Waals surface area contributed by atoms with Crippen LogP contribution in [-0.4, -0.2) is 37.1 Å². The molecule has 6 nitrogen and oxygen atoms in total. The average Bonchev–Trinajstić information content (AvgIpc) is 2.60. The number of carbonyl (C=O) groups is 1. The maximum atomic E-state index is 12.1. The van der Waals surface area contributed by atoms with Crippen molar-refractivity contribution in [1.82, 2.24) is 4.47 Å². The predicted molar refractivity (Wildman–Crippen MR) is 66.7 cm³/mol. The lowest BCUT2D eigenvalue weighted by Crippen LogP contribution is -2.30.